The second-order valence-electron chi connectivity index (χ2n) is 5.48. The maximum absolute atomic E-state index is 12.0. The van der Waals surface area contributed by atoms with Gasteiger partial charge in [0.05, 0.1) is 6.10 Å². The van der Waals surface area contributed by atoms with Gasteiger partial charge < -0.3 is 20.5 Å². The molecule has 1 saturated heterocycles. The zero-order valence-electron chi connectivity index (χ0n) is 11.2. The van der Waals surface area contributed by atoms with Gasteiger partial charge in [-0.2, -0.15) is 0 Å². The molecule has 6 heteroatoms. The SMILES string of the molecule is COC1CC(C(=O)O)N(C(=O)CCC(C)(C)N)C1. The van der Waals surface area contributed by atoms with Gasteiger partial charge >= 0.3 is 5.97 Å². The summed E-state index contributed by atoms with van der Waals surface area (Å²) in [5.74, 6) is -1.14. The molecule has 1 heterocycles. The molecule has 1 aliphatic rings. The maximum Gasteiger partial charge on any atom is 0.326 e. The van der Waals surface area contributed by atoms with Crippen LogP contribution in [0.4, 0.5) is 0 Å². The summed E-state index contributed by atoms with van der Waals surface area (Å²) in [5.41, 5.74) is 5.40. The number of amides is 1. The predicted molar refractivity (Wildman–Crippen MR) is 66.1 cm³/mol. The van der Waals surface area contributed by atoms with Crippen molar-refractivity contribution in [2.45, 2.75) is 50.8 Å². The summed E-state index contributed by atoms with van der Waals surface area (Å²) < 4.78 is 5.14. The van der Waals surface area contributed by atoms with Gasteiger partial charge in [-0.25, -0.2) is 4.79 Å². The van der Waals surface area contributed by atoms with E-state index >= 15 is 0 Å². The monoisotopic (exact) mass is 258 g/mol. The molecule has 1 rings (SSSR count). The number of hydrogen-bond acceptors (Lipinski definition) is 4. The van der Waals surface area contributed by atoms with Crippen LogP contribution in [0.25, 0.3) is 0 Å². The number of methoxy groups -OCH3 is 1. The highest BCUT2D eigenvalue weighted by Crippen LogP contribution is 2.22. The molecule has 0 spiro atoms. The molecule has 104 valence electrons. The van der Waals surface area contributed by atoms with Gasteiger partial charge in [0.25, 0.3) is 0 Å². The zero-order chi connectivity index (χ0) is 13.9. The molecule has 0 bridgehead atoms. The van der Waals surface area contributed by atoms with Crippen LogP contribution in [0.3, 0.4) is 0 Å². The van der Waals surface area contributed by atoms with Crippen LogP contribution in [0.5, 0.6) is 0 Å². The van der Waals surface area contributed by atoms with E-state index in [0.29, 0.717) is 19.4 Å². The van der Waals surface area contributed by atoms with Crippen molar-refractivity contribution in [2.75, 3.05) is 13.7 Å². The number of rotatable bonds is 5. The molecule has 18 heavy (non-hydrogen) atoms. The Balaban J connectivity index is 2.62. The third-order valence-corrected chi connectivity index (χ3v) is 3.18. The van der Waals surface area contributed by atoms with Crippen LogP contribution in [0.1, 0.15) is 33.1 Å². The number of carbonyl (C=O) groups is 2. The van der Waals surface area contributed by atoms with E-state index < -0.39 is 17.6 Å². The summed E-state index contributed by atoms with van der Waals surface area (Å²) in [6.45, 7) is 4.03. The Morgan fingerprint density at radius 2 is 2.11 bits per heavy atom. The van der Waals surface area contributed by atoms with Crippen LogP contribution in [-0.4, -0.2) is 53.2 Å². The standard InChI is InChI=1S/C12H22N2O4/c1-12(2,13)5-4-10(15)14-7-8(18-3)6-9(14)11(16)17/h8-9H,4-7,13H2,1-3H3,(H,16,17). The lowest BCUT2D eigenvalue weighted by Crippen LogP contribution is -2.42. The molecule has 0 aromatic rings. The third kappa shape index (κ3) is 3.96. The maximum atomic E-state index is 12.0. The number of carboxylic acids is 1. The smallest absolute Gasteiger partial charge is 0.326 e. The van der Waals surface area contributed by atoms with Gasteiger partial charge in [-0.05, 0) is 20.3 Å². The van der Waals surface area contributed by atoms with Crippen molar-refractivity contribution in [3.05, 3.63) is 0 Å². The van der Waals surface area contributed by atoms with Gasteiger partial charge in [0, 0.05) is 32.0 Å². The van der Waals surface area contributed by atoms with Crippen LogP contribution in [0, 0.1) is 0 Å². The predicted octanol–water partition coefficient (Wildman–Crippen LogP) is 0.204. The molecule has 6 nitrogen and oxygen atoms in total. The lowest BCUT2D eigenvalue weighted by molar-refractivity contribution is -0.148. The Labute approximate surface area is 107 Å². The summed E-state index contributed by atoms with van der Waals surface area (Å²) in [6, 6.07) is -0.775. The number of hydrogen-bond donors (Lipinski definition) is 2. The zero-order valence-corrected chi connectivity index (χ0v) is 11.2. The molecule has 0 radical (unpaired) electrons. The number of nitrogens with two attached hydrogens (primary N) is 1. The van der Waals surface area contributed by atoms with Crippen LogP contribution in [0.2, 0.25) is 0 Å². The molecular formula is C12H22N2O4. The van der Waals surface area contributed by atoms with Crippen molar-refractivity contribution in [3.63, 3.8) is 0 Å². The van der Waals surface area contributed by atoms with Crippen molar-refractivity contribution in [2.24, 2.45) is 5.73 Å². The summed E-state index contributed by atoms with van der Waals surface area (Å²) in [6.07, 6.45) is 0.959. The summed E-state index contributed by atoms with van der Waals surface area (Å²) in [4.78, 5) is 24.5. The minimum absolute atomic E-state index is 0.166. The minimum Gasteiger partial charge on any atom is -0.480 e. The summed E-state index contributed by atoms with van der Waals surface area (Å²) >= 11 is 0. The van der Waals surface area contributed by atoms with Gasteiger partial charge in [-0.3, -0.25) is 4.79 Å². The fraction of sp³-hybridized carbons (Fsp3) is 0.833. The quantitative estimate of drug-likeness (QED) is 0.735. The van der Waals surface area contributed by atoms with Gasteiger partial charge in [0.2, 0.25) is 5.91 Å². The van der Waals surface area contributed by atoms with Crippen LogP contribution in [-0.2, 0) is 14.3 Å². The first-order valence-electron chi connectivity index (χ1n) is 6.08. The first-order valence-corrected chi connectivity index (χ1v) is 6.08. The number of ether oxygens (including phenoxy) is 1. The molecule has 0 aromatic heterocycles. The summed E-state index contributed by atoms with van der Waals surface area (Å²) in [7, 11) is 1.53. The lowest BCUT2D eigenvalue weighted by atomic mass is 9.99. The largest absolute Gasteiger partial charge is 0.480 e. The number of carbonyl (C=O) groups excluding carboxylic acids is 1. The molecule has 1 amide bonds. The second-order valence-corrected chi connectivity index (χ2v) is 5.48. The number of aliphatic carboxylic acids is 1. The number of carboxylic acid groups (broad SMARTS) is 1. The number of nitrogens with zero attached hydrogens (tertiary/aromatic N) is 1. The van der Waals surface area contributed by atoms with Crippen molar-refractivity contribution in [1.29, 1.82) is 0 Å². The van der Waals surface area contributed by atoms with E-state index in [9.17, 15) is 9.59 Å². The van der Waals surface area contributed by atoms with Crippen molar-refractivity contribution >= 4 is 11.9 Å². The van der Waals surface area contributed by atoms with Crippen molar-refractivity contribution in [3.8, 4) is 0 Å². The second kappa shape index (κ2) is 5.67. The average molecular weight is 258 g/mol. The summed E-state index contributed by atoms with van der Waals surface area (Å²) in [5, 5.41) is 9.10. The Kier molecular flexibility index (Phi) is 4.70. The van der Waals surface area contributed by atoms with E-state index in [1.165, 1.54) is 12.0 Å². The van der Waals surface area contributed by atoms with E-state index in [-0.39, 0.29) is 18.4 Å². The minimum atomic E-state index is -0.977. The Bertz CT molecular complexity index is 325. The first-order chi connectivity index (χ1) is 8.24. The molecule has 0 aromatic carbocycles. The molecule has 0 saturated carbocycles. The average Bonchev–Trinajstić information content (AvgIpc) is 2.69. The van der Waals surface area contributed by atoms with Gasteiger partial charge in [-0.15, -0.1) is 0 Å². The van der Waals surface area contributed by atoms with Crippen molar-refractivity contribution in [1.82, 2.24) is 4.90 Å². The van der Waals surface area contributed by atoms with E-state index in [2.05, 4.69) is 0 Å². The Morgan fingerprint density at radius 1 is 1.50 bits per heavy atom. The molecule has 2 unspecified atom stereocenters. The first kappa shape index (κ1) is 14.9. The van der Waals surface area contributed by atoms with E-state index in [4.69, 9.17) is 15.6 Å². The van der Waals surface area contributed by atoms with Crippen LogP contribution >= 0.6 is 0 Å². The highest BCUT2D eigenvalue weighted by atomic mass is 16.5. The van der Waals surface area contributed by atoms with E-state index in [0.717, 1.165) is 0 Å². The Hall–Kier alpha value is -1.14. The molecule has 1 fully saturated rings. The molecule has 0 aliphatic carbocycles. The molecule has 2 atom stereocenters. The fourth-order valence-electron chi connectivity index (χ4n) is 2.05. The molecule has 3 N–H and O–H groups in total. The topological polar surface area (TPSA) is 92.9 Å². The fourth-order valence-corrected chi connectivity index (χ4v) is 2.05. The molecule has 1 aliphatic heterocycles. The van der Waals surface area contributed by atoms with Crippen LogP contribution in [0.15, 0.2) is 0 Å². The molecular weight excluding hydrogens is 236 g/mol. The highest BCUT2D eigenvalue weighted by Gasteiger charge is 2.39. The van der Waals surface area contributed by atoms with E-state index in [1.807, 2.05) is 13.8 Å². The van der Waals surface area contributed by atoms with Gasteiger partial charge in [-0.1, -0.05) is 0 Å². The third-order valence-electron chi connectivity index (χ3n) is 3.18. The Morgan fingerprint density at radius 3 is 2.56 bits per heavy atom. The lowest BCUT2D eigenvalue weighted by Gasteiger charge is -2.24. The van der Waals surface area contributed by atoms with Gasteiger partial charge in [0.1, 0.15) is 6.04 Å². The normalized spacial score (nSPS) is 24.3. The highest BCUT2D eigenvalue weighted by molar-refractivity contribution is 5.84. The number of likely N-dealkylation sites (tertiary alicyclic amines) is 1. The van der Waals surface area contributed by atoms with E-state index in [1.54, 1.807) is 0 Å². The van der Waals surface area contributed by atoms with Crippen molar-refractivity contribution < 1.29 is 19.4 Å². The van der Waals surface area contributed by atoms with Gasteiger partial charge in [0.15, 0.2) is 0 Å². The van der Waals surface area contributed by atoms with Crippen LogP contribution < -0.4 is 5.73 Å².